The van der Waals surface area contributed by atoms with Gasteiger partial charge in [-0.2, -0.15) is 10.1 Å². The summed E-state index contributed by atoms with van der Waals surface area (Å²) in [6.45, 7) is 0.374. The van der Waals surface area contributed by atoms with E-state index in [0.29, 0.717) is 18.8 Å². The molecule has 0 aromatic carbocycles. The molecule has 0 radical (unpaired) electrons. The second-order valence-electron chi connectivity index (χ2n) is 3.32. The van der Waals surface area contributed by atoms with Crippen LogP contribution in [0, 0.1) is 0 Å². The number of methoxy groups -OCH3 is 1. The Morgan fingerprint density at radius 2 is 2.38 bits per heavy atom. The molecule has 1 aromatic rings. The Bertz CT molecular complexity index is 430. The Labute approximate surface area is 101 Å². The quantitative estimate of drug-likeness (QED) is 0.846. The summed E-state index contributed by atoms with van der Waals surface area (Å²) in [6, 6.07) is 3.56. The normalized spacial score (nSPS) is 15.5. The topological polar surface area (TPSA) is 54.8 Å². The van der Waals surface area contributed by atoms with Crippen molar-refractivity contribution < 1.29 is 9.53 Å². The molecule has 0 saturated heterocycles. The van der Waals surface area contributed by atoms with E-state index in [1.54, 1.807) is 19.4 Å². The van der Waals surface area contributed by atoms with E-state index in [9.17, 15) is 4.79 Å². The fraction of sp³-hybridized carbons (Fsp3) is 0.300. The van der Waals surface area contributed by atoms with E-state index in [1.807, 2.05) is 6.07 Å². The van der Waals surface area contributed by atoms with Crippen LogP contribution in [0.2, 0.25) is 0 Å². The number of hydrogen-bond donors (Lipinski definition) is 0. The molecule has 0 atom stereocenters. The second kappa shape index (κ2) is 4.71. The fourth-order valence-corrected chi connectivity index (χ4v) is 1.64. The second-order valence-corrected chi connectivity index (χ2v) is 4.23. The van der Waals surface area contributed by atoms with Crippen LogP contribution in [-0.4, -0.2) is 30.3 Å². The minimum Gasteiger partial charge on any atom is -0.379 e. The summed E-state index contributed by atoms with van der Waals surface area (Å²) in [5.74, 6) is 0.446. The van der Waals surface area contributed by atoms with Crippen LogP contribution in [0.4, 0.5) is 5.82 Å². The lowest BCUT2D eigenvalue weighted by Gasteiger charge is -2.09. The fourth-order valence-electron chi connectivity index (χ4n) is 1.40. The van der Waals surface area contributed by atoms with Gasteiger partial charge in [-0.05, 0) is 28.1 Å². The third-order valence-corrected chi connectivity index (χ3v) is 2.54. The molecular formula is C10H10BrN3O2. The lowest BCUT2D eigenvalue weighted by atomic mass is 10.3. The maximum Gasteiger partial charge on any atom is 0.254 e. The number of aromatic nitrogens is 1. The molecule has 84 valence electrons. The van der Waals surface area contributed by atoms with Crippen molar-refractivity contribution in [3.05, 3.63) is 22.8 Å². The third kappa shape index (κ3) is 2.28. The first kappa shape index (κ1) is 11.2. The van der Waals surface area contributed by atoms with Crippen molar-refractivity contribution >= 4 is 33.4 Å². The van der Waals surface area contributed by atoms with Gasteiger partial charge in [-0.25, -0.2) is 4.98 Å². The van der Waals surface area contributed by atoms with E-state index < -0.39 is 0 Å². The molecule has 2 rings (SSSR count). The Morgan fingerprint density at radius 3 is 3.00 bits per heavy atom. The minimum absolute atomic E-state index is 0.0816. The number of halogens is 1. The summed E-state index contributed by atoms with van der Waals surface area (Å²) in [5.41, 5.74) is 0.720. The van der Waals surface area contributed by atoms with Gasteiger partial charge in [0, 0.05) is 17.8 Å². The Hall–Kier alpha value is -1.27. The van der Waals surface area contributed by atoms with Gasteiger partial charge in [-0.15, -0.1) is 0 Å². The van der Waals surface area contributed by atoms with E-state index in [-0.39, 0.29) is 5.91 Å². The van der Waals surface area contributed by atoms with Gasteiger partial charge in [0.1, 0.15) is 0 Å². The molecule has 1 aliphatic rings. The number of amides is 1. The summed E-state index contributed by atoms with van der Waals surface area (Å²) in [4.78, 5) is 15.8. The molecule has 0 aliphatic carbocycles. The predicted octanol–water partition coefficient (Wildman–Crippen LogP) is 1.58. The molecule has 0 bridgehead atoms. The molecule has 16 heavy (non-hydrogen) atoms. The Kier molecular flexibility index (Phi) is 3.31. The van der Waals surface area contributed by atoms with Gasteiger partial charge in [0.05, 0.1) is 18.7 Å². The zero-order valence-corrected chi connectivity index (χ0v) is 10.3. The summed E-state index contributed by atoms with van der Waals surface area (Å²) >= 11 is 3.28. The minimum atomic E-state index is -0.0816. The van der Waals surface area contributed by atoms with Gasteiger partial charge in [-0.3, -0.25) is 4.79 Å². The largest absolute Gasteiger partial charge is 0.379 e. The summed E-state index contributed by atoms with van der Waals surface area (Å²) in [7, 11) is 1.58. The molecule has 1 amide bonds. The highest BCUT2D eigenvalue weighted by molar-refractivity contribution is 9.10. The number of anilines is 1. The Balaban J connectivity index is 2.21. The number of hydrazone groups is 1. The van der Waals surface area contributed by atoms with Gasteiger partial charge in [0.15, 0.2) is 5.82 Å². The van der Waals surface area contributed by atoms with Crippen LogP contribution >= 0.6 is 15.9 Å². The first-order valence-corrected chi connectivity index (χ1v) is 5.50. The van der Waals surface area contributed by atoms with E-state index >= 15 is 0 Å². The van der Waals surface area contributed by atoms with Crippen LogP contribution < -0.4 is 5.01 Å². The SMILES string of the molecule is COCC1=NN(c2ccc(Br)cn2)C(=O)C1. The van der Waals surface area contributed by atoms with Crippen molar-refractivity contribution in [2.24, 2.45) is 5.10 Å². The van der Waals surface area contributed by atoms with E-state index in [1.165, 1.54) is 5.01 Å². The summed E-state index contributed by atoms with van der Waals surface area (Å²) in [5, 5.41) is 5.46. The number of ether oxygens (including phenoxy) is 1. The average molecular weight is 284 g/mol. The Morgan fingerprint density at radius 1 is 1.56 bits per heavy atom. The maximum absolute atomic E-state index is 11.6. The summed E-state index contributed by atoms with van der Waals surface area (Å²) < 4.78 is 5.80. The molecule has 1 aromatic heterocycles. The highest BCUT2D eigenvalue weighted by Gasteiger charge is 2.25. The molecular weight excluding hydrogens is 274 g/mol. The van der Waals surface area contributed by atoms with E-state index in [2.05, 4.69) is 26.0 Å². The van der Waals surface area contributed by atoms with Crippen LogP contribution in [0.15, 0.2) is 27.9 Å². The molecule has 0 N–H and O–H groups in total. The first-order valence-electron chi connectivity index (χ1n) is 4.70. The van der Waals surface area contributed by atoms with Crippen LogP contribution in [0.5, 0.6) is 0 Å². The first-order chi connectivity index (χ1) is 7.70. The van der Waals surface area contributed by atoms with Crippen LogP contribution in [0.25, 0.3) is 0 Å². The number of nitrogens with zero attached hydrogens (tertiary/aromatic N) is 3. The zero-order chi connectivity index (χ0) is 11.5. The number of carbonyl (C=O) groups excluding carboxylic acids is 1. The smallest absolute Gasteiger partial charge is 0.254 e. The van der Waals surface area contributed by atoms with Crippen LogP contribution in [-0.2, 0) is 9.53 Å². The third-order valence-electron chi connectivity index (χ3n) is 2.07. The molecule has 0 spiro atoms. The molecule has 0 saturated carbocycles. The zero-order valence-electron chi connectivity index (χ0n) is 8.68. The van der Waals surface area contributed by atoms with Gasteiger partial charge >= 0.3 is 0 Å². The van der Waals surface area contributed by atoms with Gasteiger partial charge < -0.3 is 4.74 Å². The van der Waals surface area contributed by atoms with Gasteiger partial charge in [0.25, 0.3) is 5.91 Å². The summed E-state index contributed by atoms with van der Waals surface area (Å²) in [6.07, 6.45) is 1.93. The van der Waals surface area contributed by atoms with Crippen LogP contribution in [0.3, 0.4) is 0 Å². The molecule has 1 aliphatic heterocycles. The number of rotatable bonds is 3. The molecule has 2 heterocycles. The predicted molar refractivity (Wildman–Crippen MR) is 63.4 cm³/mol. The highest BCUT2D eigenvalue weighted by atomic mass is 79.9. The van der Waals surface area contributed by atoms with Crippen molar-refractivity contribution in [1.29, 1.82) is 0 Å². The lowest BCUT2D eigenvalue weighted by molar-refractivity contribution is -0.117. The van der Waals surface area contributed by atoms with Gasteiger partial charge in [-0.1, -0.05) is 0 Å². The molecule has 6 heteroatoms. The number of hydrogen-bond acceptors (Lipinski definition) is 4. The van der Waals surface area contributed by atoms with E-state index in [4.69, 9.17) is 4.74 Å². The van der Waals surface area contributed by atoms with Crippen molar-refractivity contribution in [1.82, 2.24) is 4.98 Å². The number of carbonyl (C=O) groups is 1. The number of pyridine rings is 1. The van der Waals surface area contributed by atoms with Crippen molar-refractivity contribution in [2.75, 3.05) is 18.7 Å². The molecule has 5 nitrogen and oxygen atoms in total. The highest BCUT2D eigenvalue weighted by Crippen LogP contribution is 2.19. The van der Waals surface area contributed by atoms with Crippen molar-refractivity contribution in [3.8, 4) is 0 Å². The van der Waals surface area contributed by atoms with Gasteiger partial charge in [0.2, 0.25) is 0 Å². The van der Waals surface area contributed by atoms with Crippen molar-refractivity contribution in [2.45, 2.75) is 6.42 Å². The van der Waals surface area contributed by atoms with Crippen LogP contribution in [0.1, 0.15) is 6.42 Å². The maximum atomic E-state index is 11.6. The monoisotopic (exact) mass is 283 g/mol. The molecule has 0 fully saturated rings. The lowest BCUT2D eigenvalue weighted by Crippen LogP contribution is -2.20. The average Bonchev–Trinajstić information content (AvgIpc) is 2.61. The van der Waals surface area contributed by atoms with Crippen molar-refractivity contribution in [3.63, 3.8) is 0 Å². The van der Waals surface area contributed by atoms with E-state index in [0.717, 1.165) is 10.2 Å². The standard InChI is InChI=1S/C10H10BrN3O2/c1-16-6-8-4-10(15)14(13-8)9-3-2-7(11)5-12-9/h2-3,5H,4,6H2,1H3. The molecule has 0 unspecified atom stereocenters.